The van der Waals surface area contributed by atoms with Crippen molar-refractivity contribution < 1.29 is 24.1 Å². The Balaban J connectivity index is 1.18. The van der Waals surface area contributed by atoms with E-state index in [1.165, 1.54) is 22.3 Å². The molecule has 2 aromatic carbocycles. The molecule has 0 spiro atoms. The average Bonchev–Trinajstić information content (AvgIpc) is 3.42. The number of hydrogen-bond donors (Lipinski definition) is 1. The lowest BCUT2D eigenvalue weighted by molar-refractivity contribution is -0.147. The number of carbonyl (C=O) groups is 1. The van der Waals surface area contributed by atoms with Gasteiger partial charge in [0.15, 0.2) is 5.13 Å². The Bertz CT molecular complexity index is 1390. The van der Waals surface area contributed by atoms with Crippen molar-refractivity contribution in [3.8, 4) is 17.0 Å². The summed E-state index contributed by atoms with van der Waals surface area (Å²) in [6, 6.07) is 11.2. The molecular weight excluding hydrogens is 526 g/mol. The van der Waals surface area contributed by atoms with Crippen LogP contribution in [-0.4, -0.2) is 73.1 Å². The molecule has 0 saturated carbocycles. The highest BCUT2D eigenvalue weighted by Crippen LogP contribution is 2.37. The monoisotopic (exact) mass is 563 g/mol. The molecule has 1 N–H and O–H groups in total. The van der Waals surface area contributed by atoms with E-state index < -0.39 is 11.9 Å². The van der Waals surface area contributed by atoms with Crippen LogP contribution in [0.5, 0.6) is 5.75 Å². The fraction of sp³-hybridized carbons (Fsp3) is 0.484. The van der Waals surface area contributed by atoms with Gasteiger partial charge in [-0.3, -0.25) is 9.69 Å². The Morgan fingerprint density at radius 3 is 2.80 bits per heavy atom. The Kier molecular flexibility index (Phi) is 7.81. The first-order valence-corrected chi connectivity index (χ1v) is 14.9. The molecule has 0 bridgehead atoms. The van der Waals surface area contributed by atoms with Crippen molar-refractivity contribution in [2.45, 2.75) is 52.0 Å². The van der Waals surface area contributed by atoms with Crippen molar-refractivity contribution in [3.05, 3.63) is 63.5 Å². The number of aliphatic carboxylic acids is 1. The first-order valence-electron chi connectivity index (χ1n) is 14.0. The molecule has 1 aromatic heterocycles. The number of aryl methyl sites for hydroxylation is 1. The molecule has 2 saturated heterocycles. The number of ether oxygens (including phenoxy) is 3. The van der Waals surface area contributed by atoms with E-state index in [1.807, 2.05) is 6.07 Å². The van der Waals surface area contributed by atoms with Crippen LogP contribution < -0.4 is 9.64 Å². The van der Waals surface area contributed by atoms with Crippen LogP contribution in [0.15, 0.2) is 35.7 Å². The average molecular weight is 564 g/mol. The minimum absolute atomic E-state index is 0.355. The molecule has 8 nitrogen and oxygen atoms in total. The number of anilines is 1. The molecule has 2 fully saturated rings. The molecule has 0 unspecified atom stereocenters. The Morgan fingerprint density at radius 2 is 2.05 bits per heavy atom. The highest BCUT2D eigenvalue weighted by molar-refractivity contribution is 7.14. The number of piperidine rings is 1. The van der Waals surface area contributed by atoms with Crippen LogP contribution in [0, 0.1) is 19.8 Å². The number of aromatic nitrogens is 1. The number of nitrogens with zero attached hydrogens (tertiary/aromatic N) is 3. The third kappa shape index (κ3) is 5.23. The number of benzene rings is 2. The predicted octanol–water partition coefficient (Wildman–Crippen LogP) is 4.69. The zero-order valence-corrected chi connectivity index (χ0v) is 24.2. The van der Waals surface area contributed by atoms with Crippen LogP contribution in [0.1, 0.15) is 34.2 Å². The highest BCUT2D eigenvalue weighted by atomic mass is 32.1. The molecule has 40 heavy (non-hydrogen) atoms. The highest BCUT2D eigenvalue weighted by Gasteiger charge is 2.35. The maximum absolute atomic E-state index is 11.6. The van der Waals surface area contributed by atoms with Gasteiger partial charge in [-0.25, -0.2) is 4.98 Å². The summed E-state index contributed by atoms with van der Waals surface area (Å²) in [5, 5.41) is 12.5. The summed E-state index contributed by atoms with van der Waals surface area (Å²) in [7, 11) is 1.58. The third-order valence-electron chi connectivity index (χ3n) is 8.77. The molecule has 3 aliphatic rings. The lowest BCUT2D eigenvalue weighted by atomic mass is 9.91. The van der Waals surface area contributed by atoms with Gasteiger partial charge >= 0.3 is 5.97 Å². The summed E-state index contributed by atoms with van der Waals surface area (Å²) >= 11 is 1.57. The van der Waals surface area contributed by atoms with E-state index in [-0.39, 0.29) is 6.10 Å². The van der Waals surface area contributed by atoms with E-state index in [2.05, 4.69) is 53.3 Å². The summed E-state index contributed by atoms with van der Waals surface area (Å²) < 4.78 is 17.5. The normalized spacial score (nSPS) is 21.6. The van der Waals surface area contributed by atoms with Crippen molar-refractivity contribution in [1.29, 1.82) is 0 Å². The summed E-state index contributed by atoms with van der Waals surface area (Å²) in [6.07, 6.45) is 1.25. The third-order valence-corrected chi connectivity index (χ3v) is 9.67. The Morgan fingerprint density at radius 1 is 1.20 bits per heavy atom. The standard InChI is InChI=1S/C31H37N3O5S/c1-19-5-4-6-25(27-18-40-31(32-27)34-12-10-26(30(35)36)28(14-34)37-3)29(19)39-15-22-8-7-21-13-33(23-16-38-17-23)11-9-24(21)20(22)2/h4-8,18,23,26,28H,9-17H2,1-3H3,(H,35,36)/t26-,28+/m0/s1. The number of carboxylic acids is 1. The van der Waals surface area contributed by atoms with Gasteiger partial charge in [0, 0.05) is 44.2 Å². The van der Waals surface area contributed by atoms with Gasteiger partial charge < -0.3 is 24.2 Å². The van der Waals surface area contributed by atoms with Gasteiger partial charge in [0.1, 0.15) is 12.4 Å². The summed E-state index contributed by atoms with van der Waals surface area (Å²) in [4.78, 5) is 21.2. The van der Waals surface area contributed by atoms with Crippen molar-refractivity contribution in [2.24, 2.45) is 5.92 Å². The summed E-state index contributed by atoms with van der Waals surface area (Å²) in [5.41, 5.74) is 8.37. The minimum Gasteiger partial charge on any atom is -0.488 e. The zero-order chi connectivity index (χ0) is 27.8. The maximum atomic E-state index is 11.6. The lowest BCUT2D eigenvalue weighted by Crippen LogP contribution is -2.50. The fourth-order valence-electron chi connectivity index (χ4n) is 6.15. The van der Waals surface area contributed by atoms with Gasteiger partial charge in [-0.2, -0.15) is 0 Å². The van der Waals surface area contributed by atoms with Crippen molar-refractivity contribution in [2.75, 3.05) is 44.9 Å². The first-order chi connectivity index (χ1) is 19.4. The van der Waals surface area contributed by atoms with E-state index in [1.54, 1.807) is 18.4 Å². The first kappa shape index (κ1) is 27.2. The number of thiazole rings is 1. The number of hydrogen-bond acceptors (Lipinski definition) is 8. The van der Waals surface area contributed by atoms with Gasteiger partial charge in [0.25, 0.3) is 0 Å². The molecule has 0 aliphatic carbocycles. The summed E-state index contributed by atoms with van der Waals surface area (Å²) in [6.45, 7) is 9.76. The minimum atomic E-state index is -0.798. The molecule has 3 aliphatic heterocycles. The van der Waals surface area contributed by atoms with Crippen LogP contribution in [0.3, 0.4) is 0 Å². The van der Waals surface area contributed by atoms with Crippen molar-refractivity contribution >= 4 is 22.4 Å². The number of fused-ring (bicyclic) bond motifs is 1. The maximum Gasteiger partial charge on any atom is 0.309 e. The van der Waals surface area contributed by atoms with Gasteiger partial charge in [0.2, 0.25) is 0 Å². The quantitative estimate of drug-likeness (QED) is 0.423. The van der Waals surface area contributed by atoms with Gasteiger partial charge in [0.05, 0.1) is 37.0 Å². The largest absolute Gasteiger partial charge is 0.488 e. The van der Waals surface area contributed by atoms with E-state index in [0.717, 1.165) is 60.4 Å². The fourth-order valence-corrected chi connectivity index (χ4v) is 7.02. The van der Waals surface area contributed by atoms with Crippen LogP contribution in [0.25, 0.3) is 11.3 Å². The SMILES string of the molecule is CO[C@@H]1CN(c2nc(-c3cccc(C)c3OCc3ccc4c(c3C)CCN(C3COC3)C4)cs2)CC[C@@H]1C(=O)O. The van der Waals surface area contributed by atoms with E-state index in [0.29, 0.717) is 32.2 Å². The van der Waals surface area contributed by atoms with Gasteiger partial charge in [-0.05, 0) is 60.6 Å². The predicted molar refractivity (Wildman–Crippen MR) is 155 cm³/mol. The molecule has 9 heteroatoms. The number of methoxy groups -OCH3 is 1. The molecule has 0 radical (unpaired) electrons. The van der Waals surface area contributed by atoms with E-state index in [4.69, 9.17) is 19.2 Å². The Labute approximate surface area is 239 Å². The van der Waals surface area contributed by atoms with Crippen LogP contribution in [-0.2, 0) is 33.8 Å². The van der Waals surface area contributed by atoms with Crippen molar-refractivity contribution in [1.82, 2.24) is 9.88 Å². The van der Waals surface area contributed by atoms with Crippen LogP contribution in [0.2, 0.25) is 0 Å². The molecule has 6 rings (SSSR count). The second-order valence-corrected chi connectivity index (χ2v) is 11.9. The smallest absolute Gasteiger partial charge is 0.309 e. The molecule has 0 amide bonds. The molecule has 212 valence electrons. The zero-order valence-electron chi connectivity index (χ0n) is 23.4. The number of para-hydroxylation sites is 1. The van der Waals surface area contributed by atoms with Crippen LogP contribution in [0.4, 0.5) is 5.13 Å². The number of carboxylic acid groups (broad SMARTS) is 1. The molecular formula is C31H37N3O5S. The lowest BCUT2D eigenvalue weighted by Gasteiger charge is -2.40. The molecule has 2 atom stereocenters. The van der Waals surface area contributed by atoms with Crippen molar-refractivity contribution in [3.63, 3.8) is 0 Å². The van der Waals surface area contributed by atoms with E-state index in [9.17, 15) is 9.90 Å². The Hall–Kier alpha value is -2.98. The topological polar surface area (TPSA) is 84.4 Å². The van der Waals surface area contributed by atoms with Gasteiger partial charge in [-0.15, -0.1) is 11.3 Å². The number of rotatable bonds is 8. The molecule has 4 heterocycles. The second-order valence-electron chi connectivity index (χ2n) is 11.1. The molecule has 3 aromatic rings. The second kappa shape index (κ2) is 11.5. The van der Waals surface area contributed by atoms with Gasteiger partial charge in [-0.1, -0.05) is 24.3 Å². The summed E-state index contributed by atoms with van der Waals surface area (Å²) in [5.74, 6) is -0.430. The van der Waals surface area contributed by atoms with E-state index >= 15 is 0 Å². The van der Waals surface area contributed by atoms with Crippen LogP contribution >= 0.6 is 11.3 Å².